The van der Waals surface area contributed by atoms with Crippen molar-refractivity contribution < 1.29 is 12.9 Å². The Morgan fingerprint density at radius 3 is 2.52 bits per heavy atom. The van der Waals surface area contributed by atoms with Crippen molar-refractivity contribution in [2.75, 3.05) is 37.3 Å². The predicted octanol–water partition coefficient (Wildman–Crippen LogP) is 2.51. The third-order valence-corrected chi connectivity index (χ3v) is 6.12. The molecule has 8 nitrogen and oxygen atoms in total. The van der Waals surface area contributed by atoms with Gasteiger partial charge in [-0.15, -0.1) is 0 Å². The van der Waals surface area contributed by atoms with E-state index >= 15 is 0 Å². The zero-order valence-electron chi connectivity index (χ0n) is 15.8. The first-order valence-corrected chi connectivity index (χ1v) is 11.4. The van der Waals surface area contributed by atoms with Gasteiger partial charge in [-0.05, 0) is 36.4 Å². The summed E-state index contributed by atoms with van der Waals surface area (Å²) < 4.78 is 29.4. The van der Waals surface area contributed by atoms with Crippen molar-refractivity contribution in [3.8, 4) is 11.4 Å². The Labute approximate surface area is 174 Å². The Bertz CT molecular complexity index is 1090. The lowest BCUT2D eigenvalue weighted by Crippen LogP contribution is -2.46. The number of nitrogens with zero attached hydrogens (tertiary/aromatic N) is 5. The van der Waals surface area contributed by atoms with E-state index in [1.807, 2.05) is 17.0 Å². The number of hydrogen-bond acceptors (Lipinski definition) is 8. The molecule has 3 heterocycles. The van der Waals surface area contributed by atoms with Crippen molar-refractivity contribution in [1.82, 2.24) is 20.0 Å². The van der Waals surface area contributed by atoms with Crippen LogP contribution in [0.1, 0.15) is 5.89 Å². The highest BCUT2D eigenvalue weighted by atomic mass is 35.5. The molecule has 1 aromatic carbocycles. The summed E-state index contributed by atoms with van der Waals surface area (Å²) in [6, 6.07) is 10.5. The number of piperazine rings is 1. The number of sulfone groups is 1. The van der Waals surface area contributed by atoms with E-state index in [0.717, 1.165) is 18.7 Å². The van der Waals surface area contributed by atoms with Gasteiger partial charge in [-0.3, -0.25) is 4.90 Å². The zero-order chi connectivity index (χ0) is 20.4. The molecule has 4 rings (SSSR count). The minimum absolute atomic E-state index is 0.262. The van der Waals surface area contributed by atoms with Gasteiger partial charge in [-0.1, -0.05) is 16.8 Å². The number of anilines is 1. The van der Waals surface area contributed by atoms with Crippen molar-refractivity contribution in [1.29, 1.82) is 0 Å². The monoisotopic (exact) mass is 433 g/mol. The smallest absolute Gasteiger partial charge is 0.241 e. The summed E-state index contributed by atoms with van der Waals surface area (Å²) in [6.07, 6.45) is 2.82. The summed E-state index contributed by atoms with van der Waals surface area (Å²) in [6.45, 7) is 3.34. The molecule has 1 aliphatic heterocycles. The number of rotatable bonds is 5. The Morgan fingerprint density at radius 2 is 1.83 bits per heavy atom. The Morgan fingerprint density at radius 1 is 1.10 bits per heavy atom. The van der Waals surface area contributed by atoms with Crippen molar-refractivity contribution >= 4 is 27.3 Å². The second kappa shape index (κ2) is 8.10. The lowest BCUT2D eigenvalue weighted by atomic mass is 10.2. The molecule has 0 amide bonds. The molecule has 29 heavy (non-hydrogen) atoms. The van der Waals surface area contributed by atoms with Crippen LogP contribution in [-0.4, -0.2) is 60.9 Å². The molecule has 0 atom stereocenters. The van der Waals surface area contributed by atoms with Crippen molar-refractivity contribution in [2.45, 2.75) is 11.4 Å². The maximum atomic E-state index is 12.0. The molecule has 0 aliphatic carbocycles. The van der Waals surface area contributed by atoms with E-state index in [1.54, 1.807) is 30.5 Å². The van der Waals surface area contributed by atoms with Crippen LogP contribution in [0.2, 0.25) is 5.02 Å². The minimum atomic E-state index is -3.33. The Balaban J connectivity index is 1.40. The van der Waals surface area contributed by atoms with Crippen LogP contribution in [0, 0.1) is 0 Å². The van der Waals surface area contributed by atoms with Gasteiger partial charge in [0.15, 0.2) is 9.84 Å². The second-order valence-electron chi connectivity index (χ2n) is 6.88. The van der Waals surface area contributed by atoms with E-state index in [2.05, 4.69) is 20.0 Å². The van der Waals surface area contributed by atoms with Gasteiger partial charge in [0.2, 0.25) is 11.7 Å². The molecule has 0 bridgehead atoms. The number of hydrogen-bond donors (Lipinski definition) is 0. The predicted molar refractivity (Wildman–Crippen MR) is 110 cm³/mol. The quantitative estimate of drug-likeness (QED) is 0.606. The van der Waals surface area contributed by atoms with E-state index in [1.165, 1.54) is 6.26 Å². The molecule has 0 unspecified atom stereocenters. The molecule has 152 valence electrons. The van der Waals surface area contributed by atoms with Crippen LogP contribution >= 0.6 is 11.6 Å². The van der Waals surface area contributed by atoms with Crippen LogP contribution in [0.15, 0.2) is 52.0 Å². The lowest BCUT2D eigenvalue weighted by molar-refractivity contribution is 0.215. The van der Waals surface area contributed by atoms with Gasteiger partial charge >= 0.3 is 0 Å². The summed E-state index contributed by atoms with van der Waals surface area (Å²) in [5.41, 5.74) is 0.845. The second-order valence-corrected chi connectivity index (χ2v) is 9.30. The summed E-state index contributed by atoms with van der Waals surface area (Å²) in [5.74, 6) is 1.58. The lowest BCUT2D eigenvalue weighted by Gasteiger charge is -2.35. The van der Waals surface area contributed by atoms with Gasteiger partial charge in [-0.2, -0.15) is 4.98 Å². The Hall–Kier alpha value is -2.49. The topological polar surface area (TPSA) is 92.4 Å². The number of halogens is 1. The number of benzene rings is 1. The SMILES string of the molecule is CS(=O)(=O)c1cccnc1N1CCN(Cc2nc(-c3ccc(Cl)cc3)no2)CC1. The molecule has 1 fully saturated rings. The average molecular weight is 434 g/mol. The molecule has 2 aromatic heterocycles. The molecular weight excluding hydrogens is 414 g/mol. The van der Waals surface area contributed by atoms with Crippen molar-refractivity contribution in [3.05, 3.63) is 53.5 Å². The van der Waals surface area contributed by atoms with Crippen LogP contribution in [0.3, 0.4) is 0 Å². The van der Waals surface area contributed by atoms with E-state index in [0.29, 0.717) is 42.2 Å². The van der Waals surface area contributed by atoms with Crippen LogP contribution in [0.4, 0.5) is 5.82 Å². The normalized spacial score (nSPS) is 15.6. The van der Waals surface area contributed by atoms with E-state index in [-0.39, 0.29) is 4.90 Å². The highest BCUT2D eigenvalue weighted by Gasteiger charge is 2.24. The average Bonchev–Trinajstić information content (AvgIpc) is 3.17. The van der Waals surface area contributed by atoms with Gasteiger partial charge in [0.1, 0.15) is 10.7 Å². The maximum Gasteiger partial charge on any atom is 0.241 e. The van der Waals surface area contributed by atoms with Gasteiger partial charge in [0.05, 0.1) is 6.54 Å². The van der Waals surface area contributed by atoms with Gasteiger partial charge in [0.25, 0.3) is 0 Å². The highest BCUT2D eigenvalue weighted by Crippen LogP contribution is 2.24. The summed E-state index contributed by atoms with van der Waals surface area (Å²) >= 11 is 5.91. The molecule has 0 N–H and O–H groups in total. The van der Waals surface area contributed by atoms with Gasteiger partial charge in [0, 0.05) is 49.2 Å². The van der Waals surface area contributed by atoms with Crippen LogP contribution in [-0.2, 0) is 16.4 Å². The number of pyridine rings is 1. The van der Waals surface area contributed by atoms with Crippen LogP contribution in [0.25, 0.3) is 11.4 Å². The standard InChI is InChI=1S/C19H20ClN5O3S/c1-29(26,27)16-3-2-8-21-19(16)25-11-9-24(10-12-25)13-17-22-18(23-28-17)14-4-6-15(20)7-5-14/h2-8H,9-13H2,1H3. The molecule has 0 radical (unpaired) electrons. The molecule has 0 spiro atoms. The molecule has 1 saturated heterocycles. The van der Waals surface area contributed by atoms with Crippen LogP contribution in [0.5, 0.6) is 0 Å². The minimum Gasteiger partial charge on any atom is -0.353 e. The van der Waals surface area contributed by atoms with E-state index in [9.17, 15) is 8.42 Å². The van der Waals surface area contributed by atoms with E-state index < -0.39 is 9.84 Å². The zero-order valence-corrected chi connectivity index (χ0v) is 17.4. The molecule has 0 saturated carbocycles. The largest absolute Gasteiger partial charge is 0.353 e. The third kappa shape index (κ3) is 4.58. The fraction of sp³-hybridized carbons (Fsp3) is 0.316. The van der Waals surface area contributed by atoms with Gasteiger partial charge in [-0.25, -0.2) is 13.4 Å². The summed E-state index contributed by atoms with van der Waals surface area (Å²) in [5, 5.41) is 4.69. The first-order chi connectivity index (χ1) is 13.9. The first kappa shape index (κ1) is 19.8. The molecule has 10 heteroatoms. The van der Waals surface area contributed by atoms with Crippen molar-refractivity contribution in [3.63, 3.8) is 0 Å². The fourth-order valence-corrected chi connectivity index (χ4v) is 4.22. The maximum absolute atomic E-state index is 12.0. The number of aromatic nitrogens is 3. The first-order valence-electron chi connectivity index (χ1n) is 9.11. The van der Waals surface area contributed by atoms with E-state index in [4.69, 9.17) is 16.1 Å². The molecular formula is C19H20ClN5O3S. The Kier molecular flexibility index (Phi) is 5.53. The van der Waals surface area contributed by atoms with Crippen molar-refractivity contribution in [2.24, 2.45) is 0 Å². The van der Waals surface area contributed by atoms with Crippen LogP contribution < -0.4 is 4.90 Å². The molecule has 3 aromatic rings. The fourth-order valence-electron chi connectivity index (χ4n) is 3.25. The van der Waals surface area contributed by atoms with Gasteiger partial charge < -0.3 is 9.42 Å². The molecule has 1 aliphatic rings. The third-order valence-electron chi connectivity index (χ3n) is 4.75. The summed E-state index contributed by atoms with van der Waals surface area (Å²) in [7, 11) is -3.33. The highest BCUT2D eigenvalue weighted by molar-refractivity contribution is 7.90. The summed E-state index contributed by atoms with van der Waals surface area (Å²) in [4.78, 5) is 13.2.